The maximum atomic E-state index is 14.0. The minimum absolute atomic E-state index is 0.000427. The smallest absolute Gasteiger partial charge is 0.487 e. The second-order valence-corrected chi connectivity index (χ2v) is 9.21. The molecule has 3 N–H and O–H groups in total. The van der Waals surface area contributed by atoms with Gasteiger partial charge in [-0.2, -0.15) is 0 Å². The van der Waals surface area contributed by atoms with Crippen LogP contribution in [-0.2, 0) is 6.42 Å². The first kappa shape index (κ1) is 31.9. The summed E-state index contributed by atoms with van der Waals surface area (Å²) in [6.07, 6.45) is -0.840. The summed E-state index contributed by atoms with van der Waals surface area (Å²) in [7, 11) is 0. The van der Waals surface area contributed by atoms with E-state index in [4.69, 9.17) is 4.74 Å². The van der Waals surface area contributed by atoms with Crippen LogP contribution in [0.1, 0.15) is 28.6 Å². The predicted molar refractivity (Wildman–Crippen MR) is 153 cm³/mol. The molecule has 42 heavy (non-hydrogen) atoms. The Bertz CT molecular complexity index is 1520. The van der Waals surface area contributed by atoms with E-state index in [1.165, 1.54) is 30.6 Å². The van der Waals surface area contributed by atoms with Crippen LogP contribution in [0.4, 0.5) is 22.0 Å². The Labute approximate surface area is 240 Å². The first-order chi connectivity index (χ1) is 19.9. The standard InChI is InChI=1S/C17H16F2N2O.C12H10F3NO.C2H5N/c1-2-20-8-7-13-9-14-15(19)10-22-17(14)16(21-13)11-3-5-12(18)6-4-11;1-7-3-9-4-8(2)6-16-11(9)10(5-7)17-12(13,14)15;1-2-3/h2-6,9,15,20H,1,7-8,10H2;3-6H,1-2H3;2H,1,3H2. The average molecular weight is 587 g/mol. The monoisotopic (exact) mass is 586 g/mol. The van der Waals surface area contributed by atoms with Gasteiger partial charge in [-0.05, 0) is 85.9 Å². The molecule has 4 aromatic rings. The SMILES string of the molecule is C=CN.C=CNCCc1cc2c(c(-c3ccc(F)cc3)n1)OCC2F.Cc1cnc2c(OC(F)(F)F)cc(C)cc2c1. The third-order valence-corrected chi connectivity index (χ3v) is 5.81. The molecule has 3 heterocycles. The fraction of sp³-hybridized carbons (Fsp3) is 0.226. The van der Waals surface area contributed by atoms with Crippen molar-refractivity contribution in [1.29, 1.82) is 0 Å². The molecule has 11 heteroatoms. The van der Waals surface area contributed by atoms with Gasteiger partial charge in [0.25, 0.3) is 0 Å². The molecule has 0 bridgehead atoms. The van der Waals surface area contributed by atoms with E-state index in [9.17, 15) is 22.0 Å². The van der Waals surface area contributed by atoms with E-state index in [1.54, 1.807) is 43.5 Å². The molecule has 0 amide bonds. The summed E-state index contributed by atoms with van der Waals surface area (Å²) < 4.78 is 73.2. The molecule has 2 aromatic heterocycles. The summed E-state index contributed by atoms with van der Waals surface area (Å²) >= 11 is 0. The molecule has 0 fully saturated rings. The van der Waals surface area contributed by atoms with Crippen molar-refractivity contribution in [3.05, 3.63) is 108 Å². The van der Waals surface area contributed by atoms with Gasteiger partial charge in [0.2, 0.25) is 0 Å². The number of rotatable bonds is 6. The van der Waals surface area contributed by atoms with E-state index in [1.807, 2.05) is 6.92 Å². The van der Waals surface area contributed by atoms with Gasteiger partial charge >= 0.3 is 6.36 Å². The van der Waals surface area contributed by atoms with Crippen molar-refractivity contribution in [2.45, 2.75) is 32.8 Å². The van der Waals surface area contributed by atoms with E-state index in [0.717, 1.165) is 11.3 Å². The highest BCUT2D eigenvalue weighted by Crippen LogP contribution is 2.41. The van der Waals surface area contributed by atoms with Gasteiger partial charge in [0.05, 0.1) is 0 Å². The summed E-state index contributed by atoms with van der Waals surface area (Å²) in [4.78, 5) is 8.54. The third kappa shape index (κ3) is 8.66. The molecule has 6 nitrogen and oxygen atoms in total. The van der Waals surface area contributed by atoms with E-state index in [0.29, 0.717) is 46.5 Å². The zero-order valence-electron chi connectivity index (χ0n) is 23.1. The predicted octanol–water partition coefficient (Wildman–Crippen LogP) is 7.41. The molecule has 222 valence electrons. The van der Waals surface area contributed by atoms with Crippen molar-refractivity contribution in [3.8, 4) is 22.8 Å². The zero-order chi connectivity index (χ0) is 30.9. The van der Waals surface area contributed by atoms with E-state index in [-0.39, 0.29) is 23.7 Å². The number of benzene rings is 2. The van der Waals surface area contributed by atoms with Crippen LogP contribution in [0.25, 0.3) is 22.2 Å². The maximum Gasteiger partial charge on any atom is 0.573 e. The van der Waals surface area contributed by atoms with Gasteiger partial charge in [0.1, 0.15) is 23.6 Å². The Balaban J connectivity index is 0.000000217. The summed E-state index contributed by atoms with van der Waals surface area (Å²) in [5.41, 5.74) is 8.98. The lowest BCUT2D eigenvalue weighted by Crippen LogP contribution is -2.17. The van der Waals surface area contributed by atoms with E-state index in [2.05, 4.69) is 38.9 Å². The number of nitrogens with two attached hydrogens (primary N) is 1. The number of halogens is 5. The average Bonchev–Trinajstić information content (AvgIpc) is 3.29. The second-order valence-electron chi connectivity index (χ2n) is 9.21. The first-order valence-corrected chi connectivity index (χ1v) is 12.8. The van der Waals surface area contributed by atoms with Crippen LogP contribution in [-0.4, -0.2) is 29.5 Å². The van der Waals surface area contributed by atoms with Crippen LogP contribution in [0.15, 0.2) is 80.3 Å². The van der Waals surface area contributed by atoms with Crippen molar-refractivity contribution < 1.29 is 31.4 Å². The highest BCUT2D eigenvalue weighted by molar-refractivity contribution is 5.85. The normalized spacial score (nSPS) is 13.5. The number of pyridine rings is 2. The number of hydrogen-bond acceptors (Lipinski definition) is 6. The fourth-order valence-electron chi connectivity index (χ4n) is 4.15. The lowest BCUT2D eigenvalue weighted by Gasteiger charge is -2.12. The van der Waals surface area contributed by atoms with Crippen LogP contribution in [0, 0.1) is 19.7 Å². The van der Waals surface area contributed by atoms with Crippen LogP contribution < -0.4 is 20.5 Å². The van der Waals surface area contributed by atoms with Crippen molar-refractivity contribution in [1.82, 2.24) is 15.3 Å². The molecule has 1 aliphatic rings. The highest BCUT2D eigenvalue weighted by atomic mass is 19.4. The molecule has 2 aromatic carbocycles. The number of nitrogens with zero attached hydrogens (tertiary/aromatic N) is 2. The van der Waals surface area contributed by atoms with Crippen LogP contribution >= 0.6 is 0 Å². The Kier molecular flexibility index (Phi) is 10.8. The molecule has 1 aliphatic heterocycles. The Hall–Kier alpha value is -4.67. The highest BCUT2D eigenvalue weighted by Gasteiger charge is 2.32. The minimum atomic E-state index is -4.70. The van der Waals surface area contributed by atoms with E-state index >= 15 is 0 Å². The molecular weight excluding hydrogens is 555 g/mol. The summed E-state index contributed by atoms with van der Waals surface area (Å²) in [6.45, 7) is 10.9. The van der Waals surface area contributed by atoms with Gasteiger partial charge in [-0.3, -0.25) is 4.98 Å². The maximum absolute atomic E-state index is 14.0. The van der Waals surface area contributed by atoms with Gasteiger partial charge in [0, 0.05) is 41.4 Å². The van der Waals surface area contributed by atoms with Gasteiger partial charge in [-0.25, -0.2) is 13.8 Å². The molecule has 0 spiro atoms. The molecule has 1 atom stereocenters. The molecular formula is C31H31F5N4O2. The minimum Gasteiger partial charge on any atom is -0.487 e. The lowest BCUT2D eigenvalue weighted by molar-refractivity contribution is -0.274. The number of nitrogens with one attached hydrogen (secondary N) is 1. The van der Waals surface area contributed by atoms with Crippen molar-refractivity contribution in [2.75, 3.05) is 13.2 Å². The molecule has 5 rings (SSSR count). The van der Waals surface area contributed by atoms with Crippen molar-refractivity contribution in [3.63, 3.8) is 0 Å². The number of alkyl halides is 4. The van der Waals surface area contributed by atoms with E-state index < -0.39 is 12.5 Å². The topological polar surface area (TPSA) is 82.3 Å². The Morgan fingerprint density at radius 2 is 1.76 bits per heavy atom. The second kappa shape index (κ2) is 14.3. The molecule has 0 aliphatic carbocycles. The molecule has 1 unspecified atom stereocenters. The Morgan fingerprint density at radius 3 is 2.40 bits per heavy atom. The van der Waals surface area contributed by atoms with Crippen molar-refractivity contribution in [2.24, 2.45) is 5.73 Å². The van der Waals surface area contributed by atoms with Crippen LogP contribution in [0.2, 0.25) is 0 Å². The largest absolute Gasteiger partial charge is 0.573 e. The van der Waals surface area contributed by atoms with Crippen LogP contribution in [0.3, 0.4) is 0 Å². The number of ether oxygens (including phenoxy) is 2. The summed E-state index contributed by atoms with van der Waals surface area (Å²) in [5, 5.41) is 3.63. The van der Waals surface area contributed by atoms with Gasteiger partial charge in [-0.15, -0.1) is 13.2 Å². The lowest BCUT2D eigenvalue weighted by atomic mass is 10.0. The Morgan fingerprint density at radius 1 is 1.10 bits per heavy atom. The fourth-order valence-corrected chi connectivity index (χ4v) is 4.15. The number of aromatic nitrogens is 2. The first-order valence-electron chi connectivity index (χ1n) is 12.8. The van der Waals surface area contributed by atoms with Crippen LogP contribution in [0.5, 0.6) is 11.5 Å². The quantitative estimate of drug-likeness (QED) is 0.181. The summed E-state index contributed by atoms with van der Waals surface area (Å²) in [6, 6.07) is 12.6. The van der Waals surface area contributed by atoms with Gasteiger partial charge in [0.15, 0.2) is 17.7 Å². The third-order valence-electron chi connectivity index (χ3n) is 5.81. The molecule has 0 saturated carbocycles. The number of hydrogen-bond donors (Lipinski definition) is 2. The van der Waals surface area contributed by atoms with Gasteiger partial charge in [-0.1, -0.05) is 13.2 Å². The van der Waals surface area contributed by atoms with Gasteiger partial charge < -0.3 is 20.5 Å². The summed E-state index contributed by atoms with van der Waals surface area (Å²) in [5.74, 6) is -0.122. The van der Waals surface area contributed by atoms with Crippen molar-refractivity contribution >= 4 is 10.9 Å². The molecule has 0 radical (unpaired) electrons. The number of aryl methyl sites for hydroxylation is 2. The zero-order valence-corrected chi connectivity index (χ0v) is 23.1. The molecule has 0 saturated heterocycles. The number of fused-ring (bicyclic) bond motifs is 2.